The first-order chi connectivity index (χ1) is 17.0. The van der Waals surface area contributed by atoms with Crippen molar-refractivity contribution in [2.45, 2.75) is 49.6 Å². The topological polar surface area (TPSA) is 140 Å². The summed E-state index contributed by atoms with van der Waals surface area (Å²) in [7, 11) is 0. The molecule has 0 aromatic heterocycles. The van der Waals surface area contributed by atoms with Crippen LogP contribution in [0.2, 0.25) is 0 Å². The lowest BCUT2D eigenvalue weighted by atomic mass is 9.93. The molecule has 1 atom stereocenters. The predicted molar refractivity (Wildman–Crippen MR) is 143 cm³/mol. The van der Waals surface area contributed by atoms with E-state index in [0.717, 1.165) is 48.4 Å². The number of rotatable bonds is 12. The van der Waals surface area contributed by atoms with Crippen molar-refractivity contribution in [2.75, 3.05) is 31.5 Å². The van der Waals surface area contributed by atoms with Crippen LogP contribution in [-0.2, 0) is 22.6 Å². The van der Waals surface area contributed by atoms with Crippen LogP contribution < -0.4 is 27.2 Å². The molecule has 0 aliphatic carbocycles. The molecule has 0 saturated carbocycles. The number of carbonyl (C=O) groups is 2. The van der Waals surface area contributed by atoms with E-state index in [9.17, 15) is 9.59 Å². The molecule has 9 heteroatoms. The lowest BCUT2D eigenvalue weighted by Crippen LogP contribution is -2.48. The largest absolute Gasteiger partial charge is 0.341 e. The minimum absolute atomic E-state index is 0.106. The Bertz CT molecular complexity index is 964. The Morgan fingerprint density at radius 2 is 1.74 bits per heavy atom. The molecule has 1 aliphatic rings. The van der Waals surface area contributed by atoms with Gasteiger partial charge in [-0.2, -0.15) is 0 Å². The van der Waals surface area contributed by atoms with E-state index in [1.165, 1.54) is 11.9 Å². The Kier molecular flexibility index (Phi) is 11.0. The monoisotopic (exact) mass is 498 g/mol. The summed E-state index contributed by atoms with van der Waals surface area (Å²) in [5, 5.41) is 2.86. The third-order valence-corrected chi connectivity index (χ3v) is 7.17. The molecule has 8 N–H and O–H groups in total. The summed E-state index contributed by atoms with van der Waals surface area (Å²) in [5.41, 5.74) is 19.8. The Morgan fingerprint density at radius 1 is 1.00 bits per heavy atom. The van der Waals surface area contributed by atoms with Gasteiger partial charge in [0.1, 0.15) is 6.04 Å². The van der Waals surface area contributed by atoms with Gasteiger partial charge in [-0.3, -0.25) is 9.59 Å². The number of nitrogens with two attached hydrogens (primary N) is 3. The molecule has 0 spiro atoms. The van der Waals surface area contributed by atoms with Gasteiger partial charge in [0, 0.05) is 43.2 Å². The van der Waals surface area contributed by atoms with Crippen LogP contribution in [0.15, 0.2) is 53.4 Å². The number of nitrogens with zero attached hydrogens (tertiary/aromatic N) is 1. The molecule has 2 aromatic rings. The summed E-state index contributed by atoms with van der Waals surface area (Å²) in [5.74, 6) is 0.589. The number of benzene rings is 2. The minimum Gasteiger partial charge on any atom is -0.341 e. The van der Waals surface area contributed by atoms with Gasteiger partial charge in [-0.05, 0) is 79.4 Å². The zero-order valence-corrected chi connectivity index (χ0v) is 21.1. The summed E-state index contributed by atoms with van der Waals surface area (Å²) >= 11 is 1.40. The molecule has 3 rings (SSSR count). The molecule has 190 valence electrons. The Labute approximate surface area is 212 Å². The van der Waals surface area contributed by atoms with Gasteiger partial charge in [-0.25, -0.2) is 4.72 Å². The van der Waals surface area contributed by atoms with E-state index in [1.54, 1.807) is 0 Å². The second-order valence-corrected chi connectivity index (χ2v) is 9.87. The first kappa shape index (κ1) is 27.2. The van der Waals surface area contributed by atoms with Crippen LogP contribution in [-0.4, -0.2) is 48.9 Å². The zero-order chi connectivity index (χ0) is 25.0. The Morgan fingerprint density at radius 3 is 2.46 bits per heavy atom. The molecule has 1 saturated heterocycles. The lowest BCUT2D eigenvalue weighted by Gasteiger charge is -2.34. The van der Waals surface area contributed by atoms with Crippen LogP contribution in [0.4, 0.5) is 5.69 Å². The first-order valence-electron chi connectivity index (χ1n) is 12.3. The fraction of sp³-hybridized carbons (Fsp3) is 0.462. The van der Waals surface area contributed by atoms with Crippen LogP contribution in [0.5, 0.6) is 0 Å². The van der Waals surface area contributed by atoms with Crippen LogP contribution in [0, 0.1) is 5.92 Å². The average molecular weight is 499 g/mol. The second-order valence-electron chi connectivity index (χ2n) is 8.96. The van der Waals surface area contributed by atoms with Crippen LogP contribution in [0.25, 0.3) is 0 Å². The lowest BCUT2D eigenvalue weighted by molar-refractivity contribution is -0.134. The highest BCUT2D eigenvalue weighted by atomic mass is 32.2. The molecule has 1 heterocycles. The highest BCUT2D eigenvalue weighted by Gasteiger charge is 2.28. The third-order valence-electron chi connectivity index (χ3n) is 6.27. The number of hydrogen-bond acceptors (Lipinski definition) is 7. The normalized spacial score (nSPS) is 15.1. The van der Waals surface area contributed by atoms with E-state index in [-0.39, 0.29) is 18.2 Å². The van der Waals surface area contributed by atoms with Gasteiger partial charge in [0.2, 0.25) is 11.8 Å². The van der Waals surface area contributed by atoms with Crippen LogP contribution in [0.1, 0.15) is 36.8 Å². The fourth-order valence-corrected chi connectivity index (χ4v) is 5.12. The number of nitrogens with one attached hydrogen (secondary N) is 2. The molecule has 2 aromatic carbocycles. The highest BCUT2D eigenvalue weighted by molar-refractivity contribution is 7.97. The van der Waals surface area contributed by atoms with Crippen molar-refractivity contribution in [3.05, 3.63) is 59.7 Å². The van der Waals surface area contributed by atoms with Crippen molar-refractivity contribution in [3.8, 4) is 0 Å². The summed E-state index contributed by atoms with van der Waals surface area (Å²) in [4.78, 5) is 28.3. The molecule has 0 bridgehead atoms. The maximum Gasteiger partial charge on any atom is 0.240 e. The predicted octanol–water partition coefficient (Wildman–Crippen LogP) is 2.23. The van der Waals surface area contributed by atoms with E-state index >= 15 is 0 Å². The summed E-state index contributed by atoms with van der Waals surface area (Å²) in [6.45, 7) is 2.99. The van der Waals surface area contributed by atoms with Gasteiger partial charge in [-0.1, -0.05) is 30.3 Å². The SMILES string of the molecule is NCCC(=O)Nc1cccc(SN[C@@H](Cc2cccc(CN)c2)C(=O)N2CCC(CCN)CC2)c1. The number of carbonyl (C=O) groups excluding carboxylic acids is 2. The van der Waals surface area contributed by atoms with E-state index < -0.39 is 6.04 Å². The molecule has 8 nitrogen and oxygen atoms in total. The standard InChI is InChI=1S/C26H38N6O2S/c27-11-7-19-9-13-32(14-10-19)26(34)24(16-20-3-1-4-21(15-20)18-29)31-35-23-6-2-5-22(17-23)30-25(33)8-12-28/h1-6,15,17,19,24,31H,7-14,16,18,27-29H2,(H,30,33)/t24-/m0/s1. The summed E-state index contributed by atoms with van der Waals surface area (Å²) in [6.07, 6.45) is 3.85. The van der Waals surface area contributed by atoms with Crippen LogP contribution in [0.3, 0.4) is 0 Å². The van der Waals surface area contributed by atoms with Gasteiger partial charge in [0.05, 0.1) is 0 Å². The molecule has 1 fully saturated rings. The van der Waals surface area contributed by atoms with Gasteiger partial charge in [0.15, 0.2) is 0 Å². The summed E-state index contributed by atoms with van der Waals surface area (Å²) < 4.78 is 3.40. The second kappa shape index (κ2) is 14.2. The number of amides is 2. The van der Waals surface area contributed by atoms with Crippen molar-refractivity contribution in [1.29, 1.82) is 0 Å². The number of likely N-dealkylation sites (tertiary alicyclic amines) is 1. The van der Waals surface area contributed by atoms with E-state index in [2.05, 4.69) is 16.1 Å². The van der Waals surface area contributed by atoms with E-state index in [4.69, 9.17) is 17.2 Å². The Balaban J connectivity index is 1.69. The maximum absolute atomic E-state index is 13.6. The molecule has 0 unspecified atom stereocenters. The first-order valence-corrected chi connectivity index (χ1v) is 13.1. The van der Waals surface area contributed by atoms with Crippen molar-refractivity contribution in [3.63, 3.8) is 0 Å². The molecular weight excluding hydrogens is 460 g/mol. The third kappa shape index (κ3) is 8.63. The number of anilines is 1. The maximum atomic E-state index is 13.6. The van der Waals surface area contributed by atoms with Gasteiger partial charge >= 0.3 is 0 Å². The quantitative estimate of drug-likeness (QED) is 0.283. The van der Waals surface area contributed by atoms with Gasteiger partial charge in [0.25, 0.3) is 0 Å². The molecule has 35 heavy (non-hydrogen) atoms. The summed E-state index contributed by atoms with van der Waals surface area (Å²) in [6, 6.07) is 15.2. The molecular formula is C26H38N6O2S. The smallest absolute Gasteiger partial charge is 0.240 e. The molecule has 1 aliphatic heterocycles. The number of piperidine rings is 1. The zero-order valence-electron chi connectivity index (χ0n) is 20.2. The van der Waals surface area contributed by atoms with Crippen molar-refractivity contribution in [2.24, 2.45) is 23.1 Å². The molecule has 0 radical (unpaired) electrons. The number of hydrogen-bond donors (Lipinski definition) is 5. The minimum atomic E-state index is -0.394. The van der Waals surface area contributed by atoms with Crippen molar-refractivity contribution >= 4 is 29.4 Å². The van der Waals surface area contributed by atoms with E-state index in [0.29, 0.717) is 37.7 Å². The fourth-order valence-electron chi connectivity index (χ4n) is 4.33. The van der Waals surface area contributed by atoms with Gasteiger partial charge < -0.3 is 27.4 Å². The van der Waals surface area contributed by atoms with Crippen molar-refractivity contribution in [1.82, 2.24) is 9.62 Å². The molecule has 2 amide bonds. The van der Waals surface area contributed by atoms with E-state index in [1.807, 2.05) is 47.4 Å². The Hall–Kier alpha value is -2.43. The highest BCUT2D eigenvalue weighted by Crippen LogP contribution is 2.24. The van der Waals surface area contributed by atoms with Gasteiger partial charge in [-0.15, -0.1) is 0 Å². The average Bonchev–Trinajstić information content (AvgIpc) is 2.87. The van der Waals surface area contributed by atoms with Crippen LogP contribution >= 0.6 is 11.9 Å². The van der Waals surface area contributed by atoms with Crippen molar-refractivity contribution < 1.29 is 9.59 Å².